The minimum absolute atomic E-state index is 0.0323. The van der Waals surface area contributed by atoms with Crippen LogP contribution in [-0.4, -0.2) is 60.3 Å². The second kappa shape index (κ2) is 7.53. The molecule has 7 heteroatoms. The van der Waals surface area contributed by atoms with Gasteiger partial charge in [0, 0.05) is 26.1 Å². The number of aliphatic hydroxyl groups is 1. The number of morpholine rings is 1. The molecule has 2 atom stereocenters. The van der Waals surface area contributed by atoms with Crippen molar-refractivity contribution in [3.63, 3.8) is 0 Å². The number of ether oxygens (including phenoxy) is 1. The summed E-state index contributed by atoms with van der Waals surface area (Å²) in [6.07, 6.45) is -0.152. The summed E-state index contributed by atoms with van der Waals surface area (Å²) in [6.45, 7) is 3.02. The lowest BCUT2D eigenvalue weighted by Crippen LogP contribution is -2.50. The Hall–Kier alpha value is -1.44. The third kappa shape index (κ3) is 4.52. The van der Waals surface area contributed by atoms with E-state index >= 15 is 0 Å². The van der Waals surface area contributed by atoms with Gasteiger partial charge in [-0.05, 0) is 18.4 Å². The number of rotatable bonds is 5. The van der Waals surface area contributed by atoms with Crippen LogP contribution in [0.2, 0.25) is 0 Å². The monoisotopic (exact) mass is 312 g/mol. The molecule has 2 heterocycles. The summed E-state index contributed by atoms with van der Waals surface area (Å²) in [6, 6.07) is 3.56. The standard InChI is InChI=1S/C14H20N2O4S/c1-10-7-16(8-11(9-17)20-10)13(18)4-5-15-14(19)12-3-2-6-21-12/h2-3,6,10-11,17H,4-5,7-9H2,1H3,(H,15,19). The number of nitrogens with one attached hydrogen (secondary N) is 1. The van der Waals surface area contributed by atoms with Crippen molar-refractivity contribution < 1.29 is 19.4 Å². The van der Waals surface area contributed by atoms with Gasteiger partial charge < -0.3 is 20.1 Å². The van der Waals surface area contributed by atoms with E-state index in [0.717, 1.165) is 0 Å². The molecule has 0 aromatic carbocycles. The Kier molecular flexibility index (Phi) is 5.72. The highest BCUT2D eigenvalue weighted by atomic mass is 32.1. The van der Waals surface area contributed by atoms with Gasteiger partial charge in [0.15, 0.2) is 0 Å². The average Bonchev–Trinajstić information content (AvgIpc) is 3.00. The molecule has 1 saturated heterocycles. The van der Waals surface area contributed by atoms with Crippen LogP contribution in [0.1, 0.15) is 23.0 Å². The molecular formula is C14H20N2O4S. The third-order valence-corrected chi connectivity index (χ3v) is 4.12. The molecule has 1 aromatic heterocycles. The summed E-state index contributed by atoms with van der Waals surface area (Å²) in [5, 5.41) is 13.7. The molecule has 1 aromatic rings. The number of hydrogen-bond donors (Lipinski definition) is 2. The number of thiophene rings is 1. The Morgan fingerprint density at radius 1 is 1.52 bits per heavy atom. The van der Waals surface area contributed by atoms with E-state index in [1.807, 2.05) is 18.4 Å². The van der Waals surface area contributed by atoms with E-state index in [2.05, 4.69) is 5.32 Å². The molecule has 2 N–H and O–H groups in total. The van der Waals surface area contributed by atoms with Gasteiger partial charge in [-0.2, -0.15) is 0 Å². The fourth-order valence-corrected chi connectivity index (χ4v) is 2.93. The summed E-state index contributed by atoms with van der Waals surface area (Å²) in [5.41, 5.74) is 0. The number of carbonyl (C=O) groups is 2. The lowest BCUT2D eigenvalue weighted by Gasteiger charge is -2.36. The third-order valence-electron chi connectivity index (χ3n) is 3.25. The summed E-state index contributed by atoms with van der Waals surface area (Å²) in [7, 11) is 0. The first kappa shape index (κ1) is 15.9. The molecule has 21 heavy (non-hydrogen) atoms. The molecule has 1 aliphatic heterocycles. The van der Waals surface area contributed by atoms with Gasteiger partial charge in [0.25, 0.3) is 5.91 Å². The van der Waals surface area contributed by atoms with Crippen LogP contribution in [0.4, 0.5) is 0 Å². The molecule has 0 saturated carbocycles. The van der Waals surface area contributed by atoms with Gasteiger partial charge in [-0.3, -0.25) is 9.59 Å². The zero-order valence-electron chi connectivity index (χ0n) is 11.9. The van der Waals surface area contributed by atoms with E-state index in [4.69, 9.17) is 9.84 Å². The highest BCUT2D eigenvalue weighted by Crippen LogP contribution is 2.12. The molecule has 6 nitrogen and oxygen atoms in total. The van der Waals surface area contributed by atoms with Gasteiger partial charge in [0.1, 0.15) is 0 Å². The Bertz CT molecular complexity index is 477. The maximum atomic E-state index is 12.1. The first-order valence-electron chi connectivity index (χ1n) is 6.96. The maximum absolute atomic E-state index is 12.1. The summed E-state index contributed by atoms with van der Waals surface area (Å²) in [5.74, 6) is -0.184. The quantitative estimate of drug-likeness (QED) is 0.829. The summed E-state index contributed by atoms with van der Waals surface area (Å²) in [4.78, 5) is 26.2. The van der Waals surface area contributed by atoms with Crippen LogP contribution in [0.15, 0.2) is 17.5 Å². The van der Waals surface area contributed by atoms with Gasteiger partial charge in [-0.15, -0.1) is 11.3 Å². The number of hydrogen-bond acceptors (Lipinski definition) is 5. The van der Waals surface area contributed by atoms with Gasteiger partial charge in [-0.25, -0.2) is 0 Å². The van der Waals surface area contributed by atoms with Crippen molar-refractivity contribution in [3.8, 4) is 0 Å². The number of carbonyl (C=O) groups excluding carboxylic acids is 2. The largest absolute Gasteiger partial charge is 0.394 e. The summed E-state index contributed by atoms with van der Waals surface area (Å²) >= 11 is 1.37. The minimum atomic E-state index is -0.321. The van der Waals surface area contributed by atoms with E-state index in [-0.39, 0.29) is 37.0 Å². The second-order valence-electron chi connectivity index (χ2n) is 5.03. The molecular weight excluding hydrogens is 292 g/mol. The molecule has 2 rings (SSSR count). The van der Waals surface area contributed by atoms with Gasteiger partial charge in [-0.1, -0.05) is 6.07 Å². The van der Waals surface area contributed by atoms with E-state index in [1.54, 1.807) is 11.0 Å². The van der Waals surface area contributed by atoms with Crippen LogP contribution < -0.4 is 5.32 Å². The number of amides is 2. The second-order valence-corrected chi connectivity index (χ2v) is 5.98. The van der Waals surface area contributed by atoms with Gasteiger partial charge in [0.05, 0.1) is 23.7 Å². The van der Waals surface area contributed by atoms with Crippen molar-refractivity contribution in [1.82, 2.24) is 10.2 Å². The average molecular weight is 312 g/mol. The van der Waals surface area contributed by atoms with E-state index in [0.29, 0.717) is 24.5 Å². The van der Waals surface area contributed by atoms with Crippen molar-refractivity contribution in [2.45, 2.75) is 25.6 Å². The smallest absolute Gasteiger partial charge is 0.261 e. The van der Waals surface area contributed by atoms with Crippen molar-refractivity contribution in [2.24, 2.45) is 0 Å². The van der Waals surface area contributed by atoms with E-state index in [9.17, 15) is 9.59 Å². The van der Waals surface area contributed by atoms with Crippen molar-refractivity contribution in [2.75, 3.05) is 26.2 Å². The predicted octanol–water partition coefficient (Wildman–Crippen LogP) is 0.476. The molecule has 116 valence electrons. The predicted molar refractivity (Wildman–Crippen MR) is 79.3 cm³/mol. The van der Waals surface area contributed by atoms with Crippen LogP contribution >= 0.6 is 11.3 Å². The Morgan fingerprint density at radius 2 is 2.33 bits per heavy atom. The zero-order valence-corrected chi connectivity index (χ0v) is 12.8. The Labute approximate surface area is 127 Å². The van der Waals surface area contributed by atoms with Crippen LogP contribution in [0.5, 0.6) is 0 Å². The first-order valence-corrected chi connectivity index (χ1v) is 7.84. The highest BCUT2D eigenvalue weighted by Gasteiger charge is 2.27. The van der Waals surface area contributed by atoms with Gasteiger partial charge >= 0.3 is 0 Å². The molecule has 2 amide bonds. The zero-order chi connectivity index (χ0) is 15.2. The van der Waals surface area contributed by atoms with Gasteiger partial charge in [0.2, 0.25) is 5.91 Å². The topological polar surface area (TPSA) is 78.9 Å². The Balaban J connectivity index is 1.75. The van der Waals surface area contributed by atoms with Crippen LogP contribution in [0, 0.1) is 0 Å². The van der Waals surface area contributed by atoms with E-state index in [1.165, 1.54) is 11.3 Å². The number of nitrogens with zero attached hydrogens (tertiary/aromatic N) is 1. The minimum Gasteiger partial charge on any atom is -0.394 e. The molecule has 0 aliphatic carbocycles. The number of aliphatic hydroxyl groups excluding tert-OH is 1. The molecule has 0 radical (unpaired) electrons. The molecule has 1 aliphatic rings. The van der Waals surface area contributed by atoms with Crippen LogP contribution in [-0.2, 0) is 9.53 Å². The lowest BCUT2D eigenvalue weighted by atomic mass is 10.2. The molecule has 0 bridgehead atoms. The Morgan fingerprint density at radius 3 is 3.00 bits per heavy atom. The van der Waals surface area contributed by atoms with E-state index < -0.39 is 0 Å². The van der Waals surface area contributed by atoms with Crippen molar-refractivity contribution in [1.29, 1.82) is 0 Å². The highest BCUT2D eigenvalue weighted by molar-refractivity contribution is 7.12. The van der Waals surface area contributed by atoms with Crippen LogP contribution in [0.25, 0.3) is 0 Å². The van der Waals surface area contributed by atoms with Crippen LogP contribution in [0.3, 0.4) is 0 Å². The SMILES string of the molecule is CC1CN(C(=O)CCNC(=O)c2cccs2)CC(CO)O1. The molecule has 0 spiro atoms. The maximum Gasteiger partial charge on any atom is 0.261 e. The normalized spacial score (nSPS) is 22.1. The lowest BCUT2D eigenvalue weighted by molar-refractivity contribution is -0.146. The first-order chi connectivity index (χ1) is 10.1. The molecule has 1 fully saturated rings. The van der Waals surface area contributed by atoms with Crippen molar-refractivity contribution >= 4 is 23.2 Å². The fourth-order valence-electron chi connectivity index (χ4n) is 2.29. The summed E-state index contributed by atoms with van der Waals surface area (Å²) < 4.78 is 5.50. The van der Waals surface area contributed by atoms with Crippen molar-refractivity contribution in [3.05, 3.63) is 22.4 Å². The molecule has 2 unspecified atom stereocenters. The fraction of sp³-hybridized carbons (Fsp3) is 0.571.